The SMILES string of the molecule is O=C(Nc1cnc(Cl)cn1)C1CCCc2ccccc21. The Morgan fingerprint density at radius 2 is 2.10 bits per heavy atom. The third kappa shape index (κ3) is 2.65. The largest absolute Gasteiger partial charge is 0.309 e. The molecule has 0 saturated carbocycles. The number of rotatable bonds is 2. The van der Waals surface area contributed by atoms with Gasteiger partial charge in [-0.3, -0.25) is 4.79 Å². The highest BCUT2D eigenvalue weighted by Crippen LogP contribution is 2.32. The first-order valence-corrected chi connectivity index (χ1v) is 6.98. The predicted octanol–water partition coefficient (Wildman–Crippen LogP) is 3.19. The van der Waals surface area contributed by atoms with Crippen molar-refractivity contribution in [1.29, 1.82) is 0 Å². The zero-order valence-corrected chi connectivity index (χ0v) is 11.6. The van der Waals surface area contributed by atoms with Gasteiger partial charge in [-0.25, -0.2) is 9.97 Å². The Hall–Kier alpha value is -1.94. The number of aryl methyl sites for hydroxylation is 1. The van der Waals surface area contributed by atoms with Gasteiger partial charge in [0.25, 0.3) is 0 Å². The molecular formula is C15H14ClN3O. The highest BCUT2D eigenvalue weighted by atomic mass is 35.5. The molecule has 1 N–H and O–H groups in total. The second-order valence-electron chi connectivity index (χ2n) is 4.86. The minimum Gasteiger partial charge on any atom is -0.309 e. The van der Waals surface area contributed by atoms with Crippen molar-refractivity contribution < 1.29 is 4.79 Å². The molecular weight excluding hydrogens is 274 g/mol. The third-order valence-corrected chi connectivity index (χ3v) is 3.75. The molecule has 0 spiro atoms. The van der Waals surface area contributed by atoms with Crippen LogP contribution in [0.25, 0.3) is 0 Å². The Kier molecular flexibility index (Phi) is 3.65. The summed E-state index contributed by atoms with van der Waals surface area (Å²) in [6, 6.07) is 8.12. The summed E-state index contributed by atoms with van der Waals surface area (Å²) in [5, 5.41) is 3.12. The fourth-order valence-electron chi connectivity index (χ4n) is 2.62. The first-order valence-electron chi connectivity index (χ1n) is 6.60. The van der Waals surface area contributed by atoms with Crippen LogP contribution in [0.1, 0.15) is 29.9 Å². The van der Waals surface area contributed by atoms with Crippen LogP contribution >= 0.6 is 11.6 Å². The molecule has 20 heavy (non-hydrogen) atoms. The number of nitrogens with one attached hydrogen (secondary N) is 1. The van der Waals surface area contributed by atoms with E-state index in [2.05, 4.69) is 21.4 Å². The van der Waals surface area contributed by atoms with Gasteiger partial charge in [0.05, 0.1) is 18.3 Å². The lowest BCUT2D eigenvalue weighted by Gasteiger charge is -2.24. The summed E-state index contributed by atoms with van der Waals surface area (Å²) in [5.74, 6) is 0.286. The van der Waals surface area contributed by atoms with E-state index in [1.54, 1.807) is 0 Å². The molecule has 1 atom stereocenters. The number of aromatic nitrogens is 2. The molecule has 0 bridgehead atoms. The molecule has 1 aliphatic carbocycles. The van der Waals surface area contributed by atoms with Crippen LogP contribution in [0.2, 0.25) is 5.15 Å². The zero-order chi connectivity index (χ0) is 13.9. The van der Waals surface area contributed by atoms with E-state index in [9.17, 15) is 4.79 Å². The first-order chi connectivity index (χ1) is 9.74. The molecule has 0 aliphatic heterocycles. The van der Waals surface area contributed by atoms with Gasteiger partial charge in [-0.05, 0) is 30.4 Å². The van der Waals surface area contributed by atoms with Gasteiger partial charge in [-0.2, -0.15) is 0 Å². The lowest BCUT2D eigenvalue weighted by atomic mass is 9.82. The van der Waals surface area contributed by atoms with E-state index < -0.39 is 0 Å². The third-order valence-electron chi connectivity index (χ3n) is 3.56. The Labute approximate surface area is 122 Å². The van der Waals surface area contributed by atoms with Crippen LogP contribution in [0.15, 0.2) is 36.7 Å². The van der Waals surface area contributed by atoms with Crippen LogP contribution < -0.4 is 5.32 Å². The summed E-state index contributed by atoms with van der Waals surface area (Å²) >= 11 is 5.68. The number of carbonyl (C=O) groups is 1. The second kappa shape index (κ2) is 5.59. The number of nitrogens with zero attached hydrogens (tertiary/aromatic N) is 2. The molecule has 0 radical (unpaired) electrons. The summed E-state index contributed by atoms with van der Waals surface area (Å²) in [5.41, 5.74) is 2.39. The number of benzene rings is 1. The molecule has 3 rings (SSSR count). The Morgan fingerprint density at radius 1 is 1.25 bits per heavy atom. The minimum atomic E-state index is -0.113. The number of fused-ring (bicyclic) bond motifs is 1. The van der Waals surface area contributed by atoms with Crippen molar-refractivity contribution in [3.8, 4) is 0 Å². The smallest absolute Gasteiger partial charge is 0.233 e. The monoisotopic (exact) mass is 287 g/mol. The van der Waals surface area contributed by atoms with E-state index >= 15 is 0 Å². The van der Waals surface area contributed by atoms with Gasteiger partial charge in [-0.1, -0.05) is 35.9 Å². The number of carbonyl (C=O) groups excluding carboxylic acids is 1. The standard InChI is InChI=1S/C15H14ClN3O/c16-13-8-18-14(9-17-13)19-15(20)12-7-3-5-10-4-1-2-6-11(10)12/h1-2,4,6,8-9,12H,3,5,7H2,(H,18,19,20). The van der Waals surface area contributed by atoms with Gasteiger partial charge in [0.1, 0.15) is 5.15 Å². The average Bonchev–Trinajstić information content (AvgIpc) is 2.49. The highest BCUT2D eigenvalue weighted by molar-refractivity contribution is 6.29. The van der Waals surface area contributed by atoms with Crippen molar-refractivity contribution in [1.82, 2.24) is 9.97 Å². The lowest BCUT2D eigenvalue weighted by Crippen LogP contribution is -2.25. The molecule has 1 aromatic heterocycles. The summed E-state index contributed by atoms with van der Waals surface area (Å²) in [7, 11) is 0. The maximum atomic E-state index is 12.4. The number of halogens is 1. The average molecular weight is 288 g/mol. The van der Waals surface area contributed by atoms with Gasteiger partial charge < -0.3 is 5.32 Å². The number of amides is 1. The molecule has 5 heteroatoms. The predicted molar refractivity (Wildman–Crippen MR) is 77.8 cm³/mol. The molecule has 2 aromatic rings. The molecule has 1 unspecified atom stereocenters. The van der Waals surface area contributed by atoms with E-state index in [0.717, 1.165) is 24.8 Å². The van der Waals surface area contributed by atoms with E-state index in [4.69, 9.17) is 11.6 Å². The van der Waals surface area contributed by atoms with Crippen LogP contribution in [0.5, 0.6) is 0 Å². The molecule has 1 heterocycles. The molecule has 4 nitrogen and oxygen atoms in total. The Bertz CT molecular complexity index is 627. The van der Waals surface area contributed by atoms with Gasteiger partial charge in [-0.15, -0.1) is 0 Å². The second-order valence-corrected chi connectivity index (χ2v) is 5.24. The molecule has 1 amide bonds. The molecule has 1 aliphatic rings. The minimum absolute atomic E-state index is 0.0335. The fraction of sp³-hybridized carbons (Fsp3) is 0.267. The maximum absolute atomic E-state index is 12.4. The van der Waals surface area contributed by atoms with E-state index in [0.29, 0.717) is 11.0 Å². The molecule has 0 saturated heterocycles. The van der Waals surface area contributed by atoms with Crippen molar-refractivity contribution in [2.75, 3.05) is 5.32 Å². The zero-order valence-electron chi connectivity index (χ0n) is 10.8. The topological polar surface area (TPSA) is 54.9 Å². The van der Waals surface area contributed by atoms with Crippen LogP contribution in [-0.4, -0.2) is 15.9 Å². The van der Waals surface area contributed by atoms with Gasteiger partial charge in [0, 0.05) is 0 Å². The fourth-order valence-corrected chi connectivity index (χ4v) is 2.71. The Balaban J connectivity index is 1.80. The molecule has 1 aromatic carbocycles. The van der Waals surface area contributed by atoms with E-state index in [1.165, 1.54) is 18.0 Å². The molecule has 0 fully saturated rings. The normalized spacial score (nSPS) is 17.4. The van der Waals surface area contributed by atoms with Crippen molar-refractivity contribution in [3.05, 3.63) is 52.9 Å². The Morgan fingerprint density at radius 3 is 2.90 bits per heavy atom. The van der Waals surface area contributed by atoms with Gasteiger partial charge in [0.2, 0.25) is 5.91 Å². The van der Waals surface area contributed by atoms with Gasteiger partial charge >= 0.3 is 0 Å². The number of anilines is 1. The maximum Gasteiger partial charge on any atom is 0.233 e. The molecule has 102 valence electrons. The van der Waals surface area contributed by atoms with E-state index in [-0.39, 0.29) is 11.8 Å². The van der Waals surface area contributed by atoms with E-state index in [1.807, 2.05) is 18.2 Å². The van der Waals surface area contributed by atoms with Crippen LogP contribution in [0.4, 0.5) is 5.82 Å². The number of hydrogen-bond donors (Lipinski definition) is 1. The van der Waals surface area contributed by atoms with Crippen LogP contribution in [-0.2, 0) is 11.2 Å². The van der Waals surface area contributed by atoms with Crippen molar-refractivity contribution >= 4 is 23.3 Å². The number of hydrogen-bond acceptors (Lipinski definition) is 3. The van der Waals surface area contributed by atoms with Crippen molar-refractivity contribution in [2.45, 2.75) is 25.2 Å². The quantitative estimate of drug-likeness (QED) is 0.923. The van der Waals surface area contributed by atoms with Gasteiger partial charge in [0.15, 0.2) is 5.82 Å². The summed E-state index contributed by atoms with van der Waals surface area (Å²) in [6.07, 6.45) is 5.83. The summed E-state index contributed by atoms with van der Waals surface area (Å²) in [4.78, 5) is 20.4. The lowest BCUT2D eigenvalue weighted by molar-refractivity contribution is -0.117. The van der Waals surface area contributed by atoms with Crippen molar-refractivity contribution in [3.63, 3.8) is 0 Å². The van der Waals surface area contributed by atoms with Crippen LogP contribution in [0.3, 0.4) is 0 Å². The summed E-state index contributed by atoms with van der Waals surface area (Å²) in [6.45, 7) is 0. The van der Waals surface area contributed by atoms with Crippen LogP contribution in [0, 0.1) is 0 Å². The highest BCUT2D eigenvalue weighted by Gasteiger charge is 2.26. The van der Waals surface area contributed by atoms with Crippen molar-refractivity contribution in [2.24, 2.45) is 0 Å². The first kappa shape index (κ1) is 13.1. The summed E-state index contributed by atoms with van der Waals surface area (Å²) < 4.78 is 0.